The Morgan fingerprint density at radius 3 is 1.45 bits per heavy atom. The standard InChI is InChI=1S/C31H22O2/c32-29-19-15-24(16-20-29)12-11-23-13-17-27(18-14-23)31-22-28(25-7-3-1-4-8-25)21-30(33-31)26-9-5-2-6-10-26/h1-22H/p+1/b12-11-. The summed E-state index contributed by atoms with van der Waals surface area (Å²) in [5.74, 6) is 1.93. The topological polar surface area (TPSA) is 31.5 Å². The zero-order valence-corrected chi connectivity index (χ0v) is 18.1. The molecule has 0 aliphatic heterocycles. The molecule has 0 saturated carbocycles. The first-order valence-corrected chi connectivity index (χ1v) is 10.9. The predicted octanol–water partition coefficient (Wildman–Crippen LogP) is 8.44. The summed E-state index contributed by atoms with van der Waals surface area (Å²) in [6, 6.07) is 40.2. The summed E-state index contributed by atoms with van der Waals surface area (Å²) in [6.45, 7) is 0. The van der Waals surface area contributed by atoms with Gasteiger partial charge in [-0.25, -0.2) is 4.42 Å². The maximum Gasteiger partial charge on any atom is 0.361 e. The number of rotatable bonds is 5. The second-order valence-corrected chi connectivity index (χ2v) is 7.85. The van der Waals surface area contributed by atoms with E-state index < -0.39 is 0 Å². The second-order valence-electron chi connectivity index (χ2n) is 7.85. The van der Waals surface area contributed by atoms with Crippen LogP contribution in [0.1, 0.15) is 11.1 Å². The largest absolute Gasteiger partial charge is 0.508 e. The molecule has 1 heterocycles. The highest BCUT2D eigenvalue weighted by atomic mass is 16.3. The lowest BCUT2D eigenvalue weighted by Gasteiger charge is -2.02. The van der Waals surface area contributed by atoms with Crippen LogP contribution in [0, 0.1) is 0 Å². The van der Waals surface area contributed by atoms with E-state index >= 15 is 0 Å². The van der Waals surface area contributed by atoms with Crippen molar-refractivity contribution in [2.45, 2.75) is 0 Å². The van der Waals surface area contributed by atoms with E-state index in [9.17, 15) is 5.11 Å². The number of benzene rings is 4. The van der Waals surface area contributed by atoms with Crippen molar-refractivity contribution in [1.29, 1.82) is 0 Å². The van der Waals surface area contributed by atoms with Crippen LogP contribution in [-0.4, -0.2) is 5.11 Å². The van der Waals surface area contributed by atoms with E-state index in [1.165, 1.54) is 0 Å². The molecule has 5 rings (SSSR count). The van der Waals surface area contributed by atoms with Crippen LogP contribution >= 0.6 is 0 Å². The van der Waals surface area contributed by atoms with Gasteiger partial charge in [-0.2, -0.15) is 0 Å². The Bertz CT molecular complexity index is 1310. The van der Waals surface area contributed by atoms with Crippen LogP contribution < -0.4 is 0 Å². The first-order chi connectivity index (χ1) is 16.2. The van der Waals surface area contributed by atoms with Crippen molar-refractivity contribution < 1.29 is 9.52 Å². The van der Waals surface area contributed by atoms with Crippen molar-refractivity contribution in [3.63, 3.8) is 0 Å². The number of aromatic hydroxyl groups is 1. The highest BCUT2D eigenvalue weighted by molar-refractivity contribution is 5.76. The van der Waals surface area contributed by atoms with Crippen LogP contribution in [0.3, 0.4) is 0 Å². The molecule has 0 bridgehead atoms. The molecule has 2 heteroatoms. The van der Waals surface area contributed by atoms with Crippen molar-refractivity contribution >= 4 is 12.2 Å². The molecule has 0 aliphatic rings. The maximum absolute atomic E-state index is 9.43. The summed E-state index contributed by atoms with van der Waals surface area (Å²) in [5.41, 5.74) is 6.47. The monoisotopic (exact) mass is 427 g/mol. The van der Waals surface area contributed by atoms with E-state index in [1.54, 1.807) is 12.1 Å². The molecule has 0 unspecified atom stereocenters. The summed E-state index contributed by atoms with van der Waals surface area (Å²) >= 11 is 0. The predicted molar refractivity (Wildman–Crippen MR) is 136 cm³/mol. The molecule has 158 valence electrons. The molecule has 5 aromatic rings. The van der Waals surface area contributed by atoms with Crippen molar-refractivity contribution in [1.82, 2.24) is 0 Å². The lowest BCUT2D eigenvalue weighted by molar-refractivity contribution is 0.475. The molecule has 0 aliphatic carbocycles. The molecule has 1 N–H and O–H groups in total. The first kappa shape index (κ1) is 20.5. The SMILES string of the molecule is Oc1ccc(/C=C\c2ccc(-c3cc(-c4ccccc4)cc(-c4ccccc4)[o+]3)cc2)cc1. The van der Waals surface area contributed by atoms with E-state index in [-0.39, 0.29) is 5.75 Å². The molecule has 0 amide bonds. The van der Waals surface area contributed by atoms with Gasteiger partial charge in [-0.05, 0) is 53.1 Å². The minimum atomic E-state index is 0.271. The van der Waals surface area contributed by atoms with Gasteiger partial charge >= 0.3 is 11.5 Å². The molecular weight excluding hydrogens is 404 g/mol. The molecule has 0 saturated heterocycles. The fourth-order valence-corrected chi connectivity index (χ4v) is 3.72. The van der Waals surface area contributed by atoms with Crippen molar-refractivity contribution in [3.05, 3.63) is 132 Å². The minimum Gasteiger partial charge on any atom is -0.508 e. The number of hydrogen-bond acceptors (Lipinski definition) is 1. The molecule has 0 radical (unpaired) electrons. The highest BCUT2D eigenvalue weighted by Gasteiger charge is 2.20. The van der Waals surface area contributed by atoms with Gasteiger partial charge in [0.15, 0.2) is 0 Å². The van der Waals surface area contributed by atoms with E-state index in [4.69, 9.17) is 4.42 Å². The zero-order valence-electron chi connectivity index (χ0n) is 18.1. The Kier molecular flexibility index (Phi) is 5.81. The lowest BCUT2D eigenvalue weighted by atomic mass is 10.0. The van der Waals surface area contributed by atoms with Gasteiger partial charge in [-0.1, -0.05) is 84.9 Å². The summed E-state index contributed by atoms with van der Waals surface area (Å²) in [7, 11) is 0. The van der Waals surface area contributed by atoms with Gasteiger partial charge in [0, 0.05) is 5.56 Å². The van der Waals surface area contributed by atoms with Crippen molar-refractivity contribution in [3.8, 4) is 39.5 Å². The Morgan fingerprint density at radius 2 is 0.909 bits per heavy atom. The smallest absolute Gasteiger partial charge is 0.361 e. The van der Waals surface area contributed by atoms with Gasteiger partial charge in [0.25, 0.3) is 0 Å². The molecular formula is C31H23O2+. The van der Waals surface area contributed by atoms with Crippen LogP contribution in [0.2, 0.25) is 0 Å². The van der Waals surface area contributed by atoms with Gasteiger partial charge < -0.3 is 5.11 Å². The summed E-state index contributed by atoms with van der Waals surface area (Å²) in [4.78, 5) is 0. The molecule has 4 aromatic carbocycles. The molecule has 2 nitrogen and oxygen atoms in total. The van der Waals surface area contributed by atoms with Crippen LogP contribution in [0.25, 0.3) is 45.9 Å². The summed E-state index contributed by atoms with van der Waals surface area (Å²) in [5, 5.41) is 9.43. The minimum absolute atomic E-state index is 0.271. The third-order valence-corrected chi connectivity index (χ3v) is 5.52. The normalized spacial score (nSPS) is 11.0. The third kappa shape index (κ3) is 4.91. The van der Waals surface area contributed by atoms with E-state index in [0.717, 1.165) is 44.9 Å². The highest BCUT2D eigenvalue weighted by Crippen LogP contribution is 2.33. The van der Waals surface area contributed by atoms with Gasteiger partial charge in [-0.3, -0.25) is 0 Å². The van der Waals surface area contributed by atoms with Crippen LogP contribution in [-0.2, 0) is 0 Å². The van der Waals surface area contributed by atoms with Crippen LogP contribution in [0.15, 0.2) is 126 Å². The van der Waals surface area contributed by atoms with E-state index in [2.05, 4.69) is 78.9 Å². The fraction of sp³-hybridized carbons (Fsp3) is 0. The Hall–Kier alpha value is -4.43. The van der Waals surface area contributed by atoms with Crippen LogP contribution in [0.5, 0.6) is 5.75 Å². The van der Waals surface area contributed by atoms with Gasteiger partial charge in [0.05, 0.1) is 23.3 Å². The molecule has 0 spiro atoms. The summed E-state index contributed by atoms with van der Waals surface area (Å²) in [6.07, 6.45) is 4.09. The first-order valence-electron chi connectivity index (χ1n) is 10.9. The van der Waals surface area contributed by atoms with E-state index in [0.29, 0.717) is 0 Å². The zero-order chi connectivity index (χ0) is 22.5. The molecule has 0 atom stereocenters. The molecule has 1 aromatic heterocycles. The second kappa shape index (κ2) is 9.37. The Balaban J connectivity index is 1.49. The number of phenols is 1. The Morgan fingerprint density at radius 1 is 0.455 bits per heavy atom. The average molecular weight is 428 g/mol. The van der Waals surface area contributed by atoms with E-state index in [1.807, 2.05) is 42.5 Å². The fourth-order valence-electron chi connectivity index (χ4n) is 3.72. The molecule has 33 heavy (non-hydrogen) atoms. The summed E-state index contributed by atoms with van der Waals surface area (Å²) < 4.78 is 6.35. The third-order valence-electron chi connectivity index (χ3n) is 5.52. The lowest BCUT2D eigenvalue weighted by Crippen LogP contribution is -1.86. The van der Waals surface area contributed by atoms with Gasteiger partial charge in [-0.15, -0.1) is 0 Å². The van der Waals surface area contributed by atoms with Gasteiger partial charge in [0.1, 0.15) is 5.75 Å². The van der Waals surface area contributed by atoms with Crippen LogP contribution in [0.4, 0.5) is 0 Å². The number of phenolic OH excluding ortho intramolecular Hbond substituents is 1. The average Bonchev–Trinajstić information content (AvgIpc) is 2.89. The van der Waals surface area contributed by atoms with Gasteiger partial charge in [0.2, 0.25) is 0 Å². The maximum atomic E-state index is 9.43. The molecule has 0 fully saturated rings. The Labute approximate surface area is 193 Å². The van der Waals surface area contributed by atoms with Crippen molar-refractivity contribution in [2.75, 3.05) is 0 Å². The quantitative estimate of drug-likeness (QED) is 0.225. The number of hydrogen-bond donors (Lipinski definition) is 1. The van der Waals surface area contributed by atoms with Crippen molar-refractivity contribution in [2.24, 2.45) is 0 Å².